The number of thiocarbonyl (C=S) groups is 1. The maximum absolute atomic E-state index is 11.5. The van der Waals surface area contributed by atoms with Crippen molar-refractivity contribution in [2.24, 2.45) is 0 Å². The van der Waals surface area contributed by atoms with Crippen molar-refractivity contribution >= 4 is 40.3 Å². The molecule has 0 aromatic carbocycles. The zero-order valence-corrected chi connectivity index (χ0v) is 9.02. The van der Waals surface area contributed by atoms with Crippen LogP contribution in [0.1, 0.15) is 5.76 Å². The van der Waals surface area contributed by atoms with Crippen LogP contribution in [0, 0.1) is 0 Å². The number of hydrogen-bond donors (Lipinski definition) is 0. The van der Waals surface area contributed by atoms with Gasteiger partial charge in [-0.3, -0.25) is 9.69 Å². The van der Waals surface area contributed by atoms with E-state index in [-0.39, 0.29) is 5.91 Å². The lowest BCUT2D eigenvalue weighted by atomic mass is 10.4. The highest BCUT2D eigenvalue weighted by Gasteiger charge is 2.28. The first-order valence-corrected chi connectivity index (χ1v) is 5.16. The number of thioether (sulfide) groups is 1. The maximum atomic E-state index is 11.5. The second-order valence-corrected chi connectivity index (χ2v) is 4.43. The summed E-state index contributed by atoms with van der Waals surface area (Å²) < 4.78 is 5.69. The molecule has 72 valence electrons. The van der Waals surface area contributed by atoms with Crippen molar-refractivity contribution in [3.8, 4) is 0 Å². The van der Waals surface area contributed by atoms with Crippen LogP contribution in [0.25, 0.3) is 6.08 Å². The molecule has 0 radical (unpaired) electrons. The number of amides is 1. The molecule has 1 aromatic rings. The van der Waals surface area contributed by atoms with E-state index >= 15 is 0 Å². The van der Waals surface area contributed by atoms with Gasteiger partial charge >= 0.3 is 0 Å². The molecular weight excluding hydrogens is 218 g/mol. The average Bonchev–Trinajstić information content (AvgIpc) is 2.73. The summed E-state index contributed by atoms with van der Waals surface area (Å²) in [5.41, 5.74) is 0. The minimum absolute atomic E-state index is 0.0728. The van der Waals surface area contributed by atoms with Crippen molar-refractivity contribution in [1.82, 2.24) is 4.90 Å². The molecule has 0 spiro atoms. The topological polar surface area (TPSA) is 33.5 Å². The third kappa shape index (κ3) is 1.60. The van der Waals surface area contributed by atoms with Crippen LogP contribution in [0.4, 0.5) is 0 Å². The summed E-state index contributed by atoms with van der Waals surface area (Å²) in [5, 5.41) is 0. The quantitative estimate of drug-likeness (QED) is 0.541. The van der Waals surface area contributed by atoms with E-state index in [1.165, 1.54) is 16.7 Å². The molecule has 1 aliphatic rings. The van der Waals surface area contributed by atoms with Gasteiger partial charge in [-0.05, 0) is 12.1 Å². The van der Waals surface area contributed by atoms with Gasteiger partial charge in [0.25, 0.3) is 5.91 Å². The molecule has 1 amide bonds. The highest BCUT2D eigenvalue weighted by Crippen LogP contribution is 2.31. The molecule has 2 rings (SSSR count). The van der Waals surface area contributed by atoms with Crippen LogP contribution in [0.15, 0.2) is 27.7 Å². The molecule has 1 aromatic heterocycles. The Kier molecular flexibility index (Phi) is 2.43. The number of furan rings is 1. The monoisotopic (exact) mass is 225 g/mol. The number of carbonyl (C=O) groups excluding carboxylic acids is 1. The predicted molar refractivity (Wildman–Crippen MR) is 59.6 cm³/mol. The number of rotatable bonds is 1. The van der Waals surface area contributed by atoms with Crippen molar-refractivity contribution < 1.29 is 9.21 Å². The Labute approximate surface area is 90.8 Å². The van der Waals surface area contributed by atoms with Gasteiger partial charge in [0.1, 0.15) is 10.1 Å². The fourth-order valence-electron chi connectivity index (χ4n) is 1.05. The Bertz CT molecular complexity index is 408. The molecule has 5 heteroatoms. The fraction of sp³-hybridized carbons (Fsp3) is 0.111. The average molecular weight is 225 g/mol. The standard InChI is InChI=1S/C9H7NO2S2/c1-10-8(11)7(14-9(10)13)5-6-3-2-4-12-6/h2-5H,1H3/b7-5-. The SMILES string of the molecule is CN1C(=O)/C(=C/c2ccco2)SC1=S. The molecule has 0 atom stereocenters. The Morgan fingerprint density at radius 2 is 2.43 bits per heavy atom. The van der Waals surface area contributed by atoms with E-state index in [1.54, 1.807) is 31.5 Å². The number of nitrogens with zero attached hydrogens (tertiary/aromatic N) is 1. The highest BCUT2D eigenvalue weighted by molar-refractivity contribution is 8.26. The molecule has 14 heavy (non-hydrogen) atoms. The maximum Gasteiger partial charge on any atom is 0.266 e. The van der Waals surface area contributed by atoms with Crippen LogP contribution in [0.3, 0.4) is 0 Å². The fourth-order valence-corrected chi connectivity index (χ4v) is 2.21. The number of likely N-dealkylation sites (N-methyl/N-ethyl adjacent to an activating group) is 1. The molecule has 1 aliphatic heterocycles. The normalized spacial score (nSPS) is 19.8. The lowest BCUT2D eigenvalue weighted by molar-refractivity contribution is -0.121. The molecular formula is C9H7NO2S2. The summed E-state index contributed by atoms with van der Waals surface area (Å²) in [6.07, 6.45) is 3.27. The minimum Gasteiger partial charge on any atom is -0.465 e. The minimum atomic E-state index is -0.0728. The Hall–Kier alpha value is -1.07. The van der Waals surface area contributed by atoms with E-state index in [9.17, 15) is 4.79 Å². The zero-order chi connectivity index (χ0) is 10.1. The first-order chi connectivity index (χ1) is 6.68. The summed E-state index contributed by atoms with van der Waals surface area (Å²) in [5.74, 6) is 0.593. The summed E-state index contributed by atoms with van der Waals surface area (Å²) in [6.45, 7) is 0. The van der Waals surface area contributed by atoms with Gasteiger partial charge in [-0.2, -0.15) is 0 Å². The Balaban J connectivity index is 2.29. The first kappa shape index (κ1) is 9.48. The van der Waals surface area contributed by atoms with E-state index in [4.69, 9.17) is 16.6 Å². The summed E-state index contributed by atoms with van der Waals surface area (Å²) in [7, 11) is 1.67. The van der Waals surface area contributed by atoms with E-state index in [1.807, 2.05) is 0 Å². The predicted octanol–water partition coefficient (Wildman–Crippen LogP) is 2.11. The second kappa shape index (κ2) is 3.59. The van der Waals surface area contributed by atoms with Crippen LogP contribution < -0.4 is 0 Å². The number of hydrogen-bond acceptors (Lipinski definition) is 4. The molecule has 0 saturated carbocycles. The van der Waals surface area contributed by atoms with Gasteiger partial charge < -0.3 is 4.42 Å². The highest BCUT2D eigenvalue weighted by atomic mass is 32.2. The lowest BCUT2D eigenvalue weighted by Gasteiger charge is -2.03. The van der Waals surface area contributed by atoms with E-state index in [2.05, 4.69) is 0 Å². The van der Waals surface area contributed by atoms with Gasteiger partial charge in [0.2, 0.25) is 0 Å². The summed E-state index contributed by atoms with van der Waals surface area (Å²) >= 11 is 6.28. The van der Waals surface area contributed by atoms with Crippen molar-refractivity contribution in [2.45, 2.75) is 0 Å². The third-order valence-electron chi connectivity index (χ3n) is 1.80. The smallest absolute Gasteiger partial charge is 0.266 e. The first-order valence-electron chi connectivity index (χ1n) is 3.93. The third-order valence-corrected chi connectivity index (χ3v) is 3.29. The molecule has 0 aliphatic carbocycles. The largest absolute Gasteiger partial charge is 0.465 e. The zero-order valence-electron chi connectivity index (χ0n) is 7.39. The van der Waals surface area contributed by atoms with E-state index in [0.29, 0.717) is 15.0 Å². The van der Waals surface area contributed by atoms with Crippen LogP contribution in [0.5, 0.6) is 0 Å². The molecule has 0 N–H and O–H groups in total. The van der Waals surface area contributed by atoms with Crippen molar-refractivity contribution in [1.29, 1.82) is 0 Å². The van der Waals surface area contributed by atoms with Gasteiger partial charge in [0, 0.05) is 13.1 Å². The number of carbonyl (C=O) groups is 1. The molecule has 3 nitrogen and oxygen atoms in total. The van der Waals surface area contributed by atoms with Crippen LogP contribution in [-0.2, 0) is 4.79 Å². The molecule has 0 bridgehead atoms. The van der Waals surface area contributed by atoms with Crippen LogP contribution >= 0.6 is 24.0 Å². The van der Waals surface area contributed by atoms with Crippen LogP contribution in [0.2, 0.25) is 0 Å². The van der Waals surface area contributed by atoms with Crippen LogP contribution in [-0.4, -0.2) is 22.2 Å². The Morgan fingerprint density at radius 1 is 1.64 bits per heavy atom. The van der Waals surface area contributed by atoms with Gasteiger partial charge in [0.05, 0.1) is 11.2 Å². The van der Waals surface area contributed by atoms with Crippen molar-refractivity contribution in [2.75, 3.05) is 7.05 Å². The molecule has 2 heterocycles. The van der Waals surface area contributed by atoms with E-state index in [0.717, 1.165) is 0 Å². The second-order valence-electron chi connectivity index (χ2n) is 2.76. The van der Waals surface area contributed by atoms with Gasteiger partial charge in [-0.1, -0.05) is 24.0 Å². The summed E-state index contributed by atoms with van der Waals surface area (Å²) in [4.78, 5) is 13.6. The molecule has 0 unspecified atom stereocenters. The van der Waals surface area contributed by atoms with Gasteiger partial charge in [-0.15, -0.1) is 0 Å². The van der Waals surface area contributed by atoms with Crippen molar-refractivity contribution in [3.05, 3.63) is 29.1 Å². The summed E-state index contributed by atoms with van der Waals surface area (Å²) in [6, 6.07) is 3.57. The van der Waals surface area contributed by atoms with Gasteiger partial charge in [0.15, 0.2) is 0 Å². The molecule has 1 fully saturated rings. The Morgan fingerprint density at radius 3 is 2.93 bits per heavy atom. The molecule has 1 saturated heterocycles. The van der Waals surface area contributed by atoms with Crippen molar-refractivity contribution in [3.63, 3.8) is 0 Å². The van der Waals surface area contributed by atoms with E-state index < -0.39 is 0 Å². The lowest BCUT2D eigenvalue weighted by Crippen LogP contribution is -2.22. The van der Waals surface area contributed by atoms with Gasteiger partial charge in [-0.25, -0.2) is 0 Å².